The third-order valence-corrected chi connectivity index (χ3v) is 4.23. The number of hydrogen-bond donors (Lipinski definition) is 1. The fourth-order valence-corrected chi connectivity index (χ4v) is 2.88. The van der Waals surface area contributed by atoms with Gasteiger partial charge in [-0.3, -0.25) is 4.79 Å². The lowest BCUT2D eigenvalue weighted by atomic mass is 10.2. The zero-order valence-electron chi connectivity index (χ0n) is 13.8. The van der Waals surface area contributed by atoms with Crippen LogP contribution in [0.4, 0.5) is 5.88 Å². The minimum Gasteiger partial charge on any atom is -0.451 e. The van der Waals surface area contributed by atoms with Gasteiger partial charge in [0.1, 0.15) is 11.3 Å². The number of ether oxygens (including phenoxy) is 1. The predicted octanol–water partition coefficient (Wildman–Crippen LogP) is 3.28. The van der Waals surface area contributed by atoms with Crippen LogP contribution in [0.2, 0.25) is 5.02 Å². The average Bonchev–Trinajstić information content (AvgIpc) is 3.29. The fraction of sp³-hybridized carbons (Fsp3) is 0.222. The Morgan fingerprint density at radius 2 is 2.00 bits per heavy atom. The zero-order valence-corrected chi connectivity index (χ0v) is 14.5. The molecule has 1 saturated heterocycles. The number of furan rings is 2. The number of rotatable bonds is 4. The van der Waals surface area contributed by atoms with Gasteiger partial charge in [0.2, 0.25) is 0 Å². The third-order valence-electron chi connectivity index (χ3n) is 4.00. The van der Waals surface area contributed by atoms with E-state index in [1.54, 1.807) is 30.3 Å². The highest BCUT2D eigenvalue weighted by Gasteiger charge is 2.14. The maximum Gasteiger partial charge on any atom is 0.307 e. The standard InChI is InChI=1S/C18H16ClN3O4/c19-13-1-3-15-12(9-13)10-16(26-15)18(23)21-20-11-14-2-4-17(25-14)22-5-7-24-8-6-22/h1-4,9-11H,5-8H2,(H,21,23)/b20-11-. The Balaban J connectivity index is 1.39. The van der Waals surface area contributed by atoms with Crippen molar-refractivity contribution in [2.24, 2.45) is 5.10 Å². The molecule has 0 atom stereocenters. The summed E-state index contributed by atoms with van der Waals surface area (Å²) < 4.78 is 16.5. The van der Waals surface area contributed by atoms with Crippen LogP contribution >= 0.6 is 11.6 Å². The van der Waals surface area contributed by atoms with E-state index in [2.05, 4.69) is 15.4 Å². The Labute approximate surface area is 154 Å². The molecule has 0 saturated carbocycles. The second-order valence-corrected chi connectivity index (χ2v) is 6.20. The fourth-order valence-electron chi connectivity index (χ4n) is 2.70. The molecule has 26 heavy (non-hydrogen) atoms. The molecule has 0 aliphatic carbocycles. The van der Waals surface area contributed by atoms with E-state index in [-0.39, 0.29) is 5.76 Å². The molecule has 0 unspecified atom stereocenters. The van der Waals surface area contributed by atoms with Gasteiger partial charge in [0.25, 0.3) is 0 Å². The van der Waals surface area contributed by atoms with Crippen LogP contribution in [0.5, 0.6) is 0 Å². The number of fused-ring (bicyclic) bond motifs is 1. The average molecular weight is 374 g/mol. The topological polar surface area (TPSA) is 80.2 Å². The van der Waals surface area contributed by atoms with Crippen LogP contribution < -0.4 is 10.3 Å². The van der Waals surface area contributed by atoms with E-state index in [9.17, 15) is 4.79 Å². The van der Waals surface area contributed by atoms with Gasteiger partial charge in [0, 0.05) is 29.6 Å². The number of carbonyl (C=O) groups excluding carboxylic acids is 1. The first-order valence-corrected chi connectivity index (χ1v) is 8.52. The van der Waals surface area contributed by atoms with E-state index < -0.39 is 5.91 Å². The molecular weight excluding hydrogens is 358 g/mol. The first kappa shape index (κ1) is 16.7. The number of hydrazone groups is 1. The Bertz CT molecular complexity index is 956. The van der Waals surface area contributed by atoms with Gasteiger partial charge < -0.3 is 18.5 Å². The van der Waals surface area contributed by atoms with Crippen molar-refractivity contribution in [3.05, 3.63) is 52.9 Å². The van der Waals surface area contributed by atoms with Crippen molar-refractivity contribution in [3.8, 4) is 0 Å². The van der Waals surface area contributed by atoms with Gasteiger partial charge in [-0.25, -0.2) is 5.43 Å². The van der Waals surface area contributed by atoms with Crippen molar-refractivity contribution in [2.45, 2.75) is 0 Å². The maximum atomic E-state index is 12.1. The number of hydrogen-bond acceptors (Lipinski definition) is 6. The Hall–Kier alpha value is -2.77. The molecule has 0 bridgehead atoms. The van der Waals surface area contributed by atoms with Gasteiger partial charge in [-0.15, -0.1) is 0 Å². The minimum atomic E-state index is -0.450. The molecule has 7 nitrogen and oxygen atoms in total. The summed E-state index contributed by atoms with van der Waals surface area (Å²) in [4.78, 5) is 14.2. The molecule has 1 aromatic carbocycles. The number of nitrogens with zero attached hydrogens (tertiary/aromatic N) is 2. The highest BCUT2D eigenvalue weighted by molar-refractivity contribution is 6.31. The highest BCUT2D eigenvalue weighted by Crippen LogP contribution is 2.23. The SMILES string of the molecule is O=C(N/N=C\c1ccc(N2CCOCC2)o1)c1cc2cc(Cl)ccc2o1. The largest absolute Gasteiger partial charge is 0.451 e. The van der Waals surface area contributed by atoms with Crippen molar-refractivity contribution in [1.82, 2.24) is 5.43 Å². The van der Waals surface area contributed by atoms with Gasteiger partial charge in [0.05, 0.1) is 19.4 Å². The Morgan fingerprint density at radius 1 is 1.15 bits per heavy atom. The number of halogens is 1. The van der Waals surface area contributed by atoms with Crippen molar-refractivity contribution in [3.63, 3.8) is 0 Å². The van der Waals surface area contributed by atoms with Crippen LogP contribution in [0, 0.1) is 0 Å². The molecule has 134 valence electrons. The summed E-state index contributed by atoms with van der Waals surface area (Å²) in [7, 11) is 0. The number of amides is 1. The van der Waals surface area contributed by atoms with Crippen molar-refractivity contribution in [1.29, 1.82) is 0 Å². The van der Waals surface area contributed by atoms with Crippen LogP contribution in [-0.4, -0.2) is 38.4 Å². The molecule has 1 fully saturated rings. The van der Waals surface area contributed by atoms with E-state index >= 15 is 0 Å². The van der Waals surface area contributed by atoms with Gasteiger partial charge in [0.15, 0.2) is 11.6 Å². The molecule has 0 radical (unpaired) electrons. The highest BCUT2D eigenvalue weighted by atomic mass is 35.5. The first-order chi connectivity index (χ1) is 12.7. The van der Waals surface area contributed by atoms with Crippen molar-refractivity contribution >= 4 is 40.6 Å². The molecule has 0 spiro atoms. The molecule has 3 aromatic rings. The second kappa shape index (κ2) is 7.23. The molecule has 1 N–H and O–H groups in total. The van der Waals surface area contributed by atoms with Gasteiger partial charge in [-0.05, 0) is 30.3 Å². The third kappa shape index (κ3) is 3.58. The zero-order chi connectivity index (χ0) is 17.9. The van der Waals surface area contributed by atoms with Crippen molar-refractivity contribution < 1.29 is 18.4 Å². The van der Waals surface area contributed by atoms with E-state index in [1.807, 2.05) is 6.07 Å². The number of anilines is 1. The summed E-state index contributed by atoms with van der Waals surface area (Å²) in [5.41, 5.74) is 3.01. The van der Waals surface area contributed by atoms with Gasteiger partial charge >= 0.3 is 5.91 Å². The summed E-state index contributed by atoms with van der Waals surface area (Å²) in [6.07, 6.45) is 1.45. The number of nitrogens with one attached hydrogen (secondary N) is 1. The van der Waals surface area contributed by atoms with E-state index in [0.29, 0.717) is 29.6 Å². The lowest BCUT2D eigenvalue weighted by Gasteiger charge is -2.26. The molecule has 1 aliphatic rings. The second-order valence-electron chi connectivity index (χ2n) is 5.77. The summed E-state index contributed by atoms with van der Waals surface area (Å²) >= 11 is 5.93. The minimum absolute atomic E-state index is 0.160. The molecule has 3 heterocycles. The smallest absolute Gasteiger partial charge is 0.307 e. The summed E-state index contributed by atoms with van der Waals surface area (Å²) in [5, 5.41) is 5.25. The van der Waals surface area contributed by atoms with Gasteiger partial charge in [-0.2, -0.15) is 5.10 Å². The first-order valence-electron chi connectivity index (χ1n) is 8.14. The van der Waals surface area contributed by atoms with E-state index in [4.69, 9.17) is 25.2 Å². The van der Waals surface area contributed by atoms with Crippen LogP contribution in [-0.2, 0) is 4.74 Å². The summed E-state index contributed by atoms with van der Waals surface area (Å²) in [6.45, 7) is 2.94. The Kier molecular flexibility index (Phi) is 4.64. The lowest BCUT2D eigenvalue weighted by molar-refractivity contribution is 0.0929. The van der Waals surface area contributed by atoms with Crippen LogP contribution in [0.3, 0.4) is 0 Å². The quantitative estimate of drug-likeness (QED) is 0.560. The van der Waals surface area contributed by atoms with Crippen LogP contribution in [0.1, 0.15) is 16.3 Å². The molecule has 8 heteroatoms. The van der Waals surface area contributed by atoms with E-state index in [0.717, 1.165) is 24.4 Å². The maximum absolute atomic E-state index is 12.1. The number of morpholine rings is 1. The molecule has 2 aromatic heterocycles. The number of benzene rings is 1. The molecule has 1 amide bonds. The molecular formula is C18H16ClN3O4. The Morgan fingerprint density at radius 3 is 2.85 bits per heavy atom. The molecule has 1 aliphatic heterocycles. The lowest BCUT2D eigenvalue weighted by Crippen LogP contribution is -2.35. The summed E-state index contributed by atoms with van der Waals surface area (Å²) in [6, 6.07) is 10.4. The van der Waals surface area contributed by atoms with Crippen LogP contribution in [0.25, 0.3) is 11.0 Å². The molecule has 4 rings (SSSR count). The van der Waals surface area contributed by atoms with E-state index in [1.165, 1.54) is 6.21 Å². The summed E-state index contributed by atoms with van der Waals surface area (Å²) in [5.74, 6) is 1.01. The number of carbonyl (C=O) groups is 1. The predicted molar refractivity (Wildman–Crippen MR) is 98.0 cm³/mol. The normalized spacial score (nSPS) is 15.0. The monoisotopic (exact) mass is 373 g/mol. The van der Waals surface area contributed by atoms with Gasteiger partial charge in [-0.1, -0.05) is 11.6 Å². The van der Waals surface area contributed by atoms with Crippen molar-refractivity contribution in [2.75, 3.05) is 31.2 Å². The van der Waals surface area contributed by atoms with Crippen LogP contribution in [0.15, 0.2) is 50.3 Å².